The third kappa shape index (κ3) is 3.21. The van der Waals surface area contributed by atoms with E-state index in [2.05, 4.69) is 37.1 Å². The lowest BCUT2D eigenvalue weighted by Crippen LogP contribution is -2.65. The standard InChI is InChI=1S/C25H36N2O3/c1-5-22(29)26-17-11-9-16(10-12-17)23(30)27-14-13-25(4)19-7-6-8-20(28)18(19)15-21(27)24(25,2)3/h6-8,16-17,21,28H,5,9-15H2,1-4H3,(H,26,29)/t16?,17?,21-,25+/m1/s1. The van der Waals surface area contributed by atoms with Gasteiger partial charge in [0.1, 0.15) is 5.75 Å². The summed E-state index contributed by atoms with van der Waals surface area (Å²) >= 11 is 0. The molecule has 164 valence electrons. The molecule has 5 nitrogen and oxygen atoms in total. The predicted molar refractivity (Wildman–Crippen MR) is 117 cm³/mol. The number of carbonyl (C=O) groups excluding carboxylic acids is 2. The number of nitrogens with zero attached hydrogens (tertiary/aromatic N) is 1. The van der Waals surface area contributed by atoms with Crippen LogP contribution in [0.15, 0.2) is 18.2 Å². The highest BCUT2D eigenvalue weighted by molar-refractivity contribution is 5.80. The molecule has 1 aromatic rings. The maximum absolute atomic E-state index is 13.6. The number of phenolic OH excluding ortho intramolecular Hbond substituents is 1. The fourth-order valence-electron chi connectivity index (χ4n) is 6.24. The number of hydrogen-bond donors (Lipinski definition) is 2. The molecule has 2 amide bonds. The van der Waals surface area contributed by atoms with Crippen LogP contribution < -0.4 is 5.32 Å². The van der Waals surface area contributed by atoms with E-state index in [0.717, 1.165) is 50.6 Å². The van der Waals surface area contributed by atoms with Gasteiger partial charge in [0, 0.05) is 36.4 Å². The summed E-state index contributed by atoms with van der Waals surface area (Å²) in [5, 5.41) is 13.6. The monoisotopic (exact) mass is 412 g/mol. The predicted octanol–water partition coefficient (Wildman–Crippen LogP) is 3.92. The summed E-state index contributed by atoms with van der Waals surface area (Å²) in [6.07, 6.45) is 5.60. The summed E-state index contributed by atoms with van der Waals surface area (Å²) in [6.45, 7) is 9.55. The lowest BCUT2D eigenvalue weighted by atomic mass is 9.51. The van der Waals surface area contributed by atoms with Gasteiger partial charge in [-0.2, -0.15) is 0 Å². The van der Waals surface area contributed by atoms with Crippen molar-refractivity contribution in [3.63, 3.8) is 0 Å². The SMILES string of the molecule is CCC(=O)NC1CCC(C(=O)N2CC[C@@]3(C)c4cccc(O)c4C[C@@H]2C3(C)C)CC1. The van der Waals surface area contributed by atoms with Crippen molar-refractivity contribution in [2.75, 3.05) is 6.54 Å². The molecular weight excluding hydrogens is 376 g/mol. The number of fused-ring (bicyclic) bond motifs is 4. The molecule has 0 spiro atoms. The van der Waals surface area contributed by atoms with Crippen molar-refractivity contribution >= 4 is 11.8 Å². The Labute approximate surface area is 180 Å². The van der Waals surface area contributed by atoms with Crippen LogP contribution >= 0.6 is 0 Å². The van der Waals surface area contributed by atoms with Gasteiger partial charge in [-0.1, -0.05) is 39.8 Å². The molecular formula is C25H36N2O3. The van der Waals surface area contributed by atoms with Crippen molar-refractivity contribution in [2.24, 2.45) is 11.3 Å². The molecule has 1 heterocycles. The van der Waals surface area contributed by atoms with Crippen molar-refractivity contribution in [2.45, 2.75) is 90.1 Å². The van der Waals surface area contributed by atoms with E-state index < -0.39 is 0 Å². The van der Waals surface area contributed by atoms with Crippen molar-refractivity contribution in [3.05, 3.63) is 29.3 Å². The largest absolute Gasteiger partial charge is 0.508 e. The van der Waals surface area contributed by atoms with Crippen molar-refractivity contribution in [1.29, 1.82) is 0 Å². The zero-order valence-electron chi connectivity index (χ0n) is 18.8. The maximum Gasteiger partial charge on any atom is 0.225 e. The number of aromatic hydroxyl groups is 1. The molecule has 1 aromatic carbocycles. The first-order chi connectivity index (χ1) is 14.2. The van der Waals surface area contributed by atoms with E-state index in [0.29, 0.717) is 12.2 Å². The second kappa shape index (κ2) is 7.58. The quantitative estimate of drug-likeness (QED) is 0.791. The molecule has 5 heteroatoms. The van der Waals surface area contributed by atoms with Crippen LogP contribution in [0.1, 0.15) is 77.3 Å². The van der Waals surface area contributed by atoms with E-state index in [4.69, 9.17) is 0 Å². The second-order valence-corrected chi connectivity index (χ2v) is 10.3. The highest BCUT2D eigenvalue weighted by atomic mass is 16.3. The average molecular weight is 413 g/mol. The van der Waals surface area contributed by atoms with Crippen LogP contribution in [0, 0.1) is 11.3 Å². The van der Waals surface area contributed by atoms with Crippen LogP contribution in [0.3, 0.4) is 0 Å². The topological polar surface area (TPSA) is 69.6 Å². The molecule has 1 saturated heterocycles. The smallest absolute Gasteiger partial charge is 0.225 e. The van der Waals surface area contributed by atoms with Gasteiger partial charge in [-0.05, 0) is 61.1 Å². The normalized spacial score (nSPS) is 32.3. The Hall–Kier alpha value is -2.04. The lowest BCUT2D eigenvalue weighted by Gasteiger charge is -2.61. The molecule has 2 bridgehead atoms. The first-order valence-corrected chi connectivity index (χ1v) is 11.6. The average Bonchev–Trinajstić information content (AvgIpc) is 2.71. The second-order valence-electron chi connectivity index (χ2n) is 10.3. The lowest BCUT2D eigenvalue weighted by molar-refractivity contribution is -0.149. The first kappa shape index (κ1) is 21.2. The Morgan fingerprint density at radius 2 is 1.87 bits per heavy atom. The Balaban J connectivity index is 1.53. The first-order valence-electron chi connectivity index (χ1n) is 11.6. The molecule has 30 heavy (non-hydrogen) atoms. The highest BCUT2D eigenvalue weighted by Gasteiger charge is 2.57. The van der Waals surface area contributed by atoms with Gasteiger partial charge in [0.25, 0.3) is 0 Å². The Morgan fingerprint density at radius 1 is 1.17 bits per heavy atom. The number of phenols is 1. The Kier molecular flexibility index (Phi) is 5.36. The maximum atomic E-state index is 13.6. The summed E-state index contributed by atoms with van der Waals surface area (Å²) in [5.41, 5.74) is 2.16. The van der Waals surface area contributed by atoms with Gasteiger partial charge in [0.05, 0.1) is 0 Å². The zero-order valence-corrected chi connectivity index (χ0v) is 18.8. The number of nitrogens with one attached hydrogen (secondary N) is 1. The summed E-state index contributed by atoms with van der Waals surface area (Å²) in [5.74, 6) is 0.781. The van der Waals surface area contributed by atoms with Crippen LogP contribution in [0.4, 0.5) is 0 Å². The molecule has 0 unspecified atom stereocenters. The van der Waals surface area contributed by atoms with Gasteiger partial charge < -0.3 is 15.3 Å². The minimum Gasteiger partial charge on any atom is -0.508 e. The number of amides is 2. The molecule has 2 aliphatic carbocycles. The van der Waals surface area contributed by atoms with Crippen LogP contribution in [0.25, 0.3) is 0 Å². The van der Waals surface area contributed by atoms with E-state index in [1.807, 2.05) is 13.0 Å². The fourth-order valence-corrected chi connectivity index (χ4v) is 6.24. The third-order valence-corrected chi connectivity index (χ3v) is 8.67. The Bertz CT molecular complexity index is 841. The van der Waals surface area contributed by atoms with Crippen LogP contribution in [-0.2, 0) is 21.4 Å². The number of rotatable bonds is 3. The van der Waals surface area contributed by atoms with Crippen LogP contribution in [0.5, 0.6) is 5.75 Å². The van der Waals surface area contributed by atoms with Gasteiger partial charge in [0.2, 0.25) is 11.8 Å². The Morgan fingerprint density at radius 3 is 2.53 bits per heavy atom. The van der Waals surface area contributed by atoms with Crippen LogP contribution in [0.2, 0.25) is 0 Å². The number of piperidine rings is 1. The minimum atomic E-state index is -0.0615. The van der Waals surface area contributed by atoms with Gasteiger partial charge in [0.15, 0.2) is 0 Å². The molecule has 0 radical (unpaired) electrons. The molecule has 1 saturated carbocycles. The number of likely N-dealkylation sites (tertiary alicyclic amines) is 1. The minimum absolute atomic E-state index is 0.0469. The zero-order chi connectivity index (χ0) is 21.7. The van der Waals surface area contributed by atoms with E-state index in [1.54, 1.807) is 6.07 Å². The van der Waals surface area contributed by atoms with E-state index >= 15 is 0 Å². The number of carbonyl (C=O) groups is 2. The summed E-state index contributed by atoms with van der Waals surface area (Å²) in [7, 11) is 0. The highest BCUT2D eigenvalue weighted by Crippen LogP contribution is 2.57. The van der Waals surface area contributed by atoms with Crippen molar-refractivity contribution < 1.29 is 14.7 Å². The van der Waals surface area contributed by atoms with E-state index in [-0.39, 0.29) is 40.6 Å². The summed E-state index contributed by atoms with van der Waals surface area (Å²) in [4.78, 5) is 27.4. The van der Waals surface area contributed by atoms with E-state index in [9.17, 15) is 14.7 Å². The van der Waals surface area contributed by atoms with Crippen molar-refractivity contribution in [3.8, 4) is 5.75 Å². The number of hydrogen-bond acceptors (Lipinski definition) is 3. The molecule has 2 fully saturated rings. The molecule has 3 aliphatic rings. The van der Waals surface area contributed by atoms with Crippen molar-refractivity contribution in [1.82, 2.24) is 10.2 Å². The summed E-state index contributed by atoms with van der Waals surface area (Å²) < 4.78 is 0. The third-order valence-electron chi connectivity index (χ3n) is 8.67. The molecule has 4 rings (SSSR count). The van der Waals surface area contributed by atoms with Crippen LogP contribution in [-0.4, -0.2) is 40.4 Å². The molecule has 0 aromatic heterocycles. The van der Waals surface area contributed by atoms with Gasteiger partial charge in [-0.25, -0.2) is 0 Å². The molecule has 1 aliphatic heterocycles. The molecule has 2 atom stereocenters. The van der Waals surface area contributed by atoms with Gasteiger partial charge in [-0.3, -0.25) is 9.59 Å². The molecule has 2 N–H and O–H groups in total. The fraction of sp³-hybridized carbons (Fsp3) is 0.680. The van der Waals surface area contributed by atoms with Gasteiger partial charge >= 0.3 is 0 Å². The van der Waals surface area contributed by atoms with E-state index in [1.165, 1.54) is 5.56 Å². The summed E-state index contributed by atoms with van der Waals surface area (Å²) in [6, 6.07) is 6.19. The van der Waals surface area contributed by atoms with Gasteiger partial charge in [-0.15, -0.1) is 0 Å². The number of benzene rings is 1.